The lowest BCUT2D eigenvalue weighted by Crippen LogP contribution is -2.48. The molecule has 7 heteroatoms. The number of aryl methyl sites for hydroxylation is 1. The van der Waals surface area contributed by atoms with Crippen molar-refractivity contribution in [1.29, 1.82) is 0 Å². The summed E-state index contributed by atoms with van der Waals surface area (Å²) in [7, 11) is 1.32. The Morgan fingerprint density at radius 2 is 1.88 bits per heavy atom. The molecule has 0 saturated carbocycles. The van der Waals surface area contributed by atoms with Crippen LogP contribution in [0.5, 0.6) is 0 Å². The number of hydrogen-bond acceptors (Lipinski definition) is 4. The quantitative estimate of drug-likeness (QED) is 0.609. The van der Waals surface area contributed by atoms with E-state index in [1.165, 1.54) is 7.11 Å². The summed E-state index contributed by atoms with van der Waals surface area (Å²) in [5, 5.41) is 5.81. The third-order valence-corrected chi connectivity index (χ3v) is 5.44. The molecule has 0 saturated heterocycles. The molecular formula is C25H29N3O4. The number of rotatable bonds is 8. The fourth-order valence-electron chi connectivity index (χ4n) is 3.82. The molecule has 1 unspecified atom stereocenters. The number of anilines is 1. The van der Waals surface area contributed by atoms with E-state index >= 15 is 0 Å². The van der Waals surface area contributed by atoms with Crippen LogP contribution in [0.2, 0.25) is 0 Å². The van der Waals surface area contributed by atoms with E-state index in [-0.39, 0.29) is 11.9 Å². The molecule has 0 aromatic heterocycles. The van der Waals surface area contributed by atoms with E-state index in [0.29, 0.717) is 41.9 Å². The third kappa shape index (κ3) is 5.35. The molecule has 1 aliphatic heterocycles. The average molecular weight is 436 g/mol. The van der Waals surface area contributed by atoms with E-state index in [0.717, 1.165) is 12.0 Å². The van der Waals surface area contributed by atoms with E-state index < -0.39 is 12.0 Å². The Kier molecular flexibility index (Phi) is 7.65. The molecule has 0 radical (unpaired) electrons. The minimum absolute atomic E-state index is 0.104. The minimum Gasteiger partial charge on any atom is -0.466 e. The number of amides is 3. The molecule has 1 atom stereocenters. The van der Waals surface area contributed by atoms with Gasteiger partial charge in [0, 0.05) is 24.4 Å². The Morgan fingerprint density at radius 3 is 2.56 bits per heavy atom. The smallest absolute Gasteiger partial charge is 0.337 e. The van der Waals surface area contributed by atoms with Crippen LogP contribution in [0.4, 0.5) is 10.5 Å². The SMILES string of the molecule is CCCN1C(=O)NC(c2cccc(NC(=O)CCc3ccccc3)c2)C(C(=O)OC)=C1C. The Morgan fingerprint density at radius 1 is 1.12 bits per heavy atom. The first-order valence-electron chi connectivity index (χ1n) is 10.8. The maximum atomic E-state index is 12.7. The summed E-state index contributed by atoms with van der Waals surface area (Å²) < 4.78 is 5.00. The fourth-order valence-corrected chi connectivity index (χ4v) is 3.82. The van der Waals surface area contributed by atoms with Gasteiger partial charge >= 0.3 is 12.0 Å². The fraction of sp³-hybridized carbons (Fsp3) is 0.320. The van der Waals surface area contributed by atoms with Gasteiger partial charge in [0.15, 0.2) is 0 Å². The lowest BCUT2D eigenvalue weighted by Gasteiger charge is -2.35. The molecule has 1 aliphatic rings. The van der Waals surface area contributed by atoms with Gasteiger partial charge in [0.05, 0.1) is 18.7 Å². The van der Waals surface area contributed by atoms with Crippen LogP contribution in [0.25, 0.3) is 0 Å². The van der Waals surface area contributed by atoms with Crippen LogP contribution in [0.1, 0.15) is 43.9 Å². The zero-order chi connectivity index (χ0) is 23.1. The van der Waals surface area contributed by atoms with Crippen LogP contribution >= 0.6 is 0 Å². The van der Waals surface area contributed by atoms with Crippen LogP contribution in [0.3, 0.4) is 0 Å². The van der Waals surface area contributed by atoms with Gasteiger partial charge in [-0.05, 0) is 43.0 Å². The van der Waals surface area contributed by atoms with Crippen LogP contribution in [-0.2, 0) is 20.7 Å². The second kappa shape index (κ2) is 10.6. The van der Waals surface area contributed by atoms with Gasteiger partial charge in [0.1, 0.15) is 0 Å². The van der Waals surface area contributed by atoms with Crippen molar-refractivity contribution in [3.63, 3.8) is 0 Å². The molecule has 0 fully saturated rings. The van der Waals surface area contributed by atoms with Crippen molar-refractivity contribution >= 4 is 23.6 Å². The van der Waals surface area contributed by atoms with E-state index in [9.17, 15) is 14.4 Å². The van der Waals surface area contributed by atoms with Crippen molar-refractivity contribution in [2.75, 3.05) is 19.0 Å². The maximum Gasteiger partial charge on any atom is 0.337 e. The number of urea groups is 1. The van der Waals surface area contributed by atoms with Crippen LogP contribution in [0.15, 0.2) is 65.9 Å². The molecule has 3 amide bonds. The van der Waals surface area contributed by atoms with Crippen molar-refractivity contribution < 1.29 is 19.1 Å². The summed E-state index contributed by atoms with van der Waals surface area (Å²) in [4.78, 5) is 39.2. The summed E-state index contributed by atoms with van der Waals surface area (Å²) in [5.74, 6) is -0.598. The van der Waals surface area contributed by atoms with Crippen molar-refractivity contribution in [3.8, 4) is 0 Å². The molecule has 2 N–H and O–H groups in total. The molecule has 7 nitrogen and oxygen atoms in total. The van der Waals surface area contributed by atoms with Crippen LogP contribution in [-0.4, -0.2) is 36.5 Å². The number of carbonyl (C=O) groups is 3. The molecule has 168 valence electrons. The lowest BCUT2D eigenvalue weighted by molar-refractivity contribution is -0.136. The molecule has 0 spiro atoms. The van der Waals surface area contributed by atoms with Gasteiger partial charge in [-0.1, -0.05) is 49.4 Å². The number of nitrogens with zero attached hydrogens (tertiary/aromatic N) is 1. The highest BCUT2D eigenvalue weighted by atomic mass is 16.5. The van der Waals surface area contributed by atoms with Crippen LogP contribution in [0, 0.1) is 0 Å². The maximum absolute atomic E-state index is 12.7. The zero-order valence-corrected chi connectivity index (χ0v) is 18.7. The molecule has 3 rings (SSSR count). The minimum atomic E-state index is -0.663. The number of carbonyl (C=O) groups excluding carboxylic acids is 3. The number of esters is 1. The van der Waals surface area contributed by atoms with Crippen LogP contribution < -0.4 is 10.6 Å². The topological polar surface area (TPSA) is 87.7 Å². The lowest BCUT2D eigenvalue weighted by atomic mass is 9.94. The number of allylic oxidation sites excluding steroid dienone is 1. The van der Waals surface area contributed by atoms with Gasteiger partial charge < -0.3 is 15.4 Å². The Hall–Kier alpha value is -3.61. The van der Waals surface area contributed by atoms with Gasteiger partial charge in [0.25, 0.3) is 0 Å². The summed E-state index contributed by atoms with van der Waals surface area (Å²) in [6.07, 6.45) is 1.76. The van der Waals surface area contributed by atoms with Gasteiger partial charge in [-0.2, -0.15) is 0 Å². The van der Waals surface area contributed by atoms with Gasteiger partial charge in [-0.25, -0.2) is 9.59 Å². The standard InChI is InChI=1S/C25H29N3O4/c1-4-15-28-17(2)22(24(30)32-3)23(27-25(28)31)19-11-8-12-20(16-19)26-21(29)14-13-18-9-6-5-7-10-18/h5-12,16,23H,4,13-15H2,1-3H3,(H,26,29)(H,27,31). The summed E-state index contributed by atoms with van der Waals surface area (Å²) in [5.41, 5.74) is 3.35. The van der Waals surface area contributed by atoms with Crippen molar-refractivity contribution in [3.05, 3.63) is 77.0 Å². The Labute approximate surface area is 188 Å². The normalized spacial score (nSPS) is 15.9. The van der Waals surface area contributed by atoms with E-state index in [1.54, 1.807) is 30.0 Å². The molecular weight excluding hydrogens is 406 g/mol. The number of ether oxygens (including phenoxy) is 1. The molecule has 32 heavy (non-hydrogen) atoms. The number of benzene rings is 2. The van der Waals surface area contributed by atoms with E-state index in [4.69, 9.17) is 4.74 Å². The van der Waals surface area contributed by atoms with Crippen molar-refractivity contribution in [2.24, 2.45) is 0 Å². The third-order valence-electron chi connectivity index (χ3n) is 5.44. The molecule has 2 aromatic carbocycles. The first-order chi connectivity index (χ1) is 15.4. The first-order valence-corrected chi connectivity index (χ1v) is 10.8. The largest absolute Gasteiger partial charge is 0.466 e. The number of nitrogens with one attached hydrogen (secondary N) is 2. The number of hydrogen-bond donors (Lipinski definition) is 2. The predicted molar refractivity (Wildman–Crippen MR) is 123 cm³/mol. The van der Waals surface area contributed by atoms with Crippen molar-refractivity contribution in [1.82, 2.24) is 10.2 Å². The molecule has 0 bridgehead atoms. The monoisotopic (exact) mass is 435 g/mol. The first kappa shape index (κ1) is 23.1. The zero-order valence-electron chi connectivity index (χ0n) is 18.7. The van der Waals surface area contributed by atoms with Crippen molar-refractivity contribution in [2.45, 2.75) is 39.2 Å². The second-order valence-corrected chi connectivity index (χ2v) is 7.68. The Balaban J connectivity index is 1.80. The molecule has 2 aromatic rings. The highest BCUT2D eigenvalue weighted by Gasteiger charge is 2.35. The Bertz CT molecular complexity index is 1020. The summed E-state index contributed by atoms with van der Waals surface area (Å²) >= 11 is 0. The molecule has 0 aliphatic carbocycles. The average Bonchev–Trinajstić information content (AvgIpc) is 2.80. The second-order valence-electron chi connectivity index (χ2n) is 7.68. The highest BCUT2D eigenvalue weighted by molar-refractivity contribution is 5.95. The van der Waals surface area contributed by atoms with Gasteiger partial charge in [-0.15, -0.1) is 0 Å². The van der Waals surface area contributed by atoms with E-state index in [2.05, 4.69) is 10.6 Å². The highest BCUT2D eigenvalue weighted by Crippen LogP contribution is 2.32. The van der Waals surface area contributed by atoms with Gasteiger partial charge in [-0.3, -0.25) is 9.69 Å². The predicted octanol–water partition coefficient (Wildman–Crippen LogP) is 4.18. The van der Waals surface area contributed by atoms with E-state index in [1.807, 2.05) is 43.3 Å². The summed E-state index contributed by atoms with van der Waals surface area (Å²) in [6, 6.07) is 16.1. The summed E-state index contributed by atoms with van der Waals surface area (Å²) in [6.45, 7) is 4.22. The van der Waals surface area contributed by atoms with Gasteiger partial charge in [0.2, 0.25) is 5.91 Å². The molecule has 1 heterocycles. The number of methoxy groups -OCH3 is 1.